The van der Waals surface area contributed by atoms with Crippen molar-refractivity contribution in [1.82, 2.24) is 0 Å². The first kappa shape index (κ1) is 16.7. The van der Waals surface area contributed by atoms with Crippen molar-refractivity contribution < 1.29 is 19.1 Å². The molecule has 2 unspecified atom stereocenters. The van der Waals surface area contributed by atoms with E-state index in [9.17, 15) is 9.59 Å². The van der Waals surface area contributed by atoms with Gasteiger partial charge in [-0.3, -0.25) is 9.59 Å². The highest BCUT2D eigenvalue weighted by molar-refractivity contribution is 5.81. The number of hydrogen-bond donors (Lipinski definition) is 0. The molecule has 0 aromatic heterocycles. The highest BCUT2D eigenvalue weighted by atomic mass is 16.5. The Balaban J connectivity index is 1.81. The van der Waals surface area contributed by atoms with Crippen LogP contribution in [0.5, 0.6) is 5.75 Å². The lowest BCUT2D eigenvalue weighted by atomic mass is 9.75. The first-order valence-corrected chi connectivity index (χ1v) is 8.36. The summed E-state index contributed by atoms with van der Waals surface area (Å²) in [5, 5.41) is 0. The molecule has 24 heavy (non-hydrogen) atoms. The van der Waals surface area contributed by atoms with Gasteiger partial charge in [0.15, 0.2) is 0 Å². The van der Waals surface area contributed by atoms with Crippen LogP contribution in [0.15, 0.2) is 36.4 Å². The van der Waals surface area contributed by atoms with E-state index in [1.54, 1.807) is 6.07 Å². The second-order valence-corrected chi connectivity index (χ2v) is 8.05. The summed E-state index contributed by atoms with van der Waals surface area (Å²) in [4.78, 5) is 24.4. The highest BCUT2D eigenvalue weighted by Gasteiger charge is 2.55. The summed E-state index contributed by atoms with van der Waals surface area (Å²) < 4.78 is 10.8. The monoisotopic (exact) mass is 328 g/mol. The molecule has 1 aromatic rings. The topological polar surface area (TPSA) is 52.6 Å². The normalized spacial score (nSPS) is 26.2. The molecule has 0 N–H and O–H groups in total. The summed E-state index contributed by atoms with van der Waals surface area (Å²) >= 11 is 0. The van der Waals surface area contributed by atoms with Gasteiger partial charge in [-0.2, -0.15) is 0 Å². The fourth-order valence-electron chi connectivity index (χ4n) is 3.61. The van der Waals surface area contributed by atoms with E-state index in [1.165, 1.54) is 0 Å². The molecule has 1 saturated heterocycles. The van der Waals surface area contributed by atoms with Gasteiger partial charge in [0.25, 0.3) is 0 Å². The van der Waals surface area contributed by atoms with E-state index in [1.807, 2.05) is 39.0 Å². The third kappa shape index (κ3) is 2.97. The van der Waals surface area contributed by atoms with Crippen LogP contribution in [-0.2, 0) is 20.7 Å². The maximum atomic E-state index is 12.4. The molecule has 1 aromatic carbocycles. The minimum Gasteiger partial charge on any atom is -0.465 e. The molecule has 2 aliphatic rings. The summed E-state index contributed by atoms with van der Waals surface area (Å²) in [5.74, 6) is 0.329. The van der Waals surface area contributed by atoms with E-state index in [0.717, 1.165) is 17.6 Å². The molecule has 1 aliphatic carbocycles. The molecule has 128 valence electrons. The zero-order valence-corrected chi connectivity index (χ0v) is 14.6. The Labute approximate surface area is 142 Å². The lowest BCUT2D eigenvalue weighted by molar-refractivity contribution is -0.146. The van der Waals surface area contributed by atoms with Crippen molar-refractivity contribution in [1.29, 1.82) is 0 Å². The molecular weight excluding hydrogens is 304 g/mol. The molecule has 0 spiro atoms. The second-order valence-electron chi connectivity index (χ2n) is 8.05. The van der Waals surface area contributed by atoms with Crippen molar-refractivity contribution in [2.24, 2.45) is 16.7 Å². The van der Waals surface area contributed by atoms with Gasteiger partial charge in [-0.15, -0.1) is 0 Å². The molecular formula is C20H24O4. The Morgan fingerprint density at radius 2 is 2.17 bits per heavy atom. The van der Waals surface area contributed by atoms with Gasteiger partial charge in [0.2, 0.25) is 0 Å². The zero-order valence-electron chi connectivity index (χ0n) is 14.6. The van der Waals surface area contributed by atoms with Gasteiger partial charge in [0, 0.05) is 5.92 Å². The Bertz CT molecular complexity index is 698. The molecule has 1 aliphatic heterocycles. The van der Waals surface area contributed by atoms with Crippen LogP contribution in [0.25, 0.3) is 0 Å². The summed E-state index contributed by atoms with van der Waals surface area (Å²) in [6, 6.07) is 7.44. The molecule has 0 radical (unpaired) electrons. The van der Waals surface area contributed by atoms with Gasteiger partial charge in [-0.05, 0) is 57.7 Å². The highest BCUT2D eigenvalue weighted by Crippen LogP contribution is 2.52. The van der Waals surface area contributed by atoms with Gasteiger partial charge in [-0.1, -0.05) is 24.3 Å². The van der Waals surface area contributed by atoms with Crippen LogP contribution in [0.1, 0.15) is 39.2 Å². The van der Waals surface area contributed by atoms with Gasteiger partial charge in [-0.25, -0.2) is 0 Å². The van der Waals surface area contributed by atoms with E-state index in [2.05, 4.69) is 6.58 Å². The minimum atomic E-state index is -0.557. The van der Waals surface area contributed by atoms with E-state index in [4.69, 9.17) is 9.47 Å². The van der Waals surface area contributed by atoms with Crippen LogP contribution < -0.4 is 4.74 Å². The largest absolute Gasteiger partial charge is 0.465 e. The number of fused-ring (bicyclic) bond motifs is 1. The first-order chi connectivity index (χ1) is 11.2. The van der Waals surface area contributed by atoms with Crippen LogP contribution in [0.2, 0.25) is 0 Å². The summed E-state index contributed by atoms with van der Waals surface area (Å²) in [6.07, 6.45) is 2.13. The Morgan fingerprint density at radius 1 is 1.42 bits per heavy atom. The number of hydrogen-bond acceptors (Lipinski definition) is 4. The third-order valence-corrected chi connectivity index (χ3v) is 4.95. The van der Waals surface area contributed by atoms with Crippen LogP contribution >= 0.6 is 0 Å². The SMILES string of the molecule is C=C1CC2COC(=O)C2(Cc2cccc(OC(=O)C(C)(C)C)c2)C1. The van der Waals surface area contributed by atoms with E-state index >= 15 is 0 Å². The van der Waals surface area contributed by atoms with E-state index in [0.29, 0.717) is 25.2 Å². The molecule has 4 heteroatoms. The number of allylic oxidation sites excluding steroid dienone is 1. The predicted molar refractivity (Wildman–Crippen MR) is 90.5 cm³/mol. The molecule has 4 nitrogen and oxygen atoms in total. The lowest BCUT2D eigenvalue weighted by Crippen LogP contribution is -2.31. The Kier molecular flexibility index (Phi) is 4.02. The van der Waals surface area contributed by atoms with Crippen LogP contribution in [0, 0.1) is 16.7 Å². The van der Waals surface area contributed by atoms with Crippen molar-refractivity contribution in [2.45, 2.75) is 40.0 Å². The Morgan fingerprint density at radius 3 is 2.88 bits per heavy atom. The second kappa shape index (κ2) is 5.76. The van der Waals surface area contributed by atoms with E-state index < -0.39 is 10.8 Å². The average Bonchev–Trinajstić information content (AvgIpc) is 2.94. The number of esters is 2. The number of carbonyl (C=O) groups is 2. The molecule has 3 rings (SSSR count). The summed E-state index contributed by atoms with van der Waals surface area (Å²) in [7, 11) is 0. The minimum absolute atomic E-state index is 0.122. The number of benzene rings is 1. The number of carbonyl (C=O) groups excluding carboxylic acids is 2. The zero-order chi connectivity index (χ0) is 17.5. The summed E-state index contributed by atoms with van der Waals surface area (Å²) in [5.41, 5.74) is 1.04. The number of cyclic esters (lactones) is 1. The molecule has 1 heterocycles. The van der Waals surface area contributed by atoms with E-state index in [-0.39, 0.29) is 17.9 Å². The van der Waals surface area contributed by atoms with Gasteiger partial charge in [0.1, 0.15) is 5.75 Å². The van der Waals surface area contributed by atoms with Crippen LogP contribution in [-0.4, -0.2) is 18.5 Å². The average molecular weight is 328 g/mol. The molecule has 1 saturated carbocycles. The quantitative estimate of drug-likeness (QED) is 0.482. The van der Waals surface area contributed by atoms with Gasteiger partial charge >= 0.3 is 11.9 Å². The van der Waals surface area contributed by atoms with Gasteiger partial charge < -0.3 is 9.47 Å². The fraction of sp³-hybridized carbons (Fsp3) is 0.500. The maximum Gasteiger partial charge on any atom is 0.316 e. The standard InChI is InChI=1S/C20H24O4/c1-13-8-15-12-23-18(22)20(15,10-13)11-14-6-5-7-16(9-14)24-17(21)19(2,3)4/h5-7,9,15H,1,8,10-12H2,2-4H3. The first-order valence-electron chi connectivity index (χ1n) is 8.36. The molecule has 2 fully saturated rings. The van der Waals surface area contributed by atoms with Crippen LogP contribution in [0.4, 0.5) is 0 Å². The lowest BCUT2D eigenvalue weighted by Gasteiger charge is -2.24. The van der Waals surface area contributed by atoms with Crippen molar-refractivity contribution in [3.8, 4) is 5.75 Å². The molecule has 0 amide bonds. The van der Waals surface area contributed by atoms with Gasteiger partial charge in [0.05, 0.1) is 17.4 Å². The number of ether oxygens (including phenoxy) is 2. The molecule has 0 bridgehead atoms. The molecule has 2 atom stereocenters. The maximum absolute atomic E-state index is 12.4. The third-order valence-electron chi connectivity index (χ3n) is 4.95. The predicted octanol–water partition coefficient (Wildman–Crippen LogP) is 3.69. The van der Waals surface area contributed by atoms with Crippen molar-refractivity contribution >= 4 is 11.9 Å². The number of rotatable bonds is 3. The van der Waals surface area contributed by atoms with Crippen molar-refractivity contribution in [3.05, 3.63) is 42.0 Å². The summed E-state index contributed by atoms with van der Waals surface area (Å²) in [6.45, 7) is 10.0. The Hall–Kier alpha value is -2.10. The van der Waals surface area contributed by atoms with Crippen LogP contribution in [0.3, 0.4) is 0 Å². The smallest absolute Gasteiger partial charge is 0.316 e. The fourth-order valence-corrected chi connectivity index (χ4v) is 3.61. The van der Waals surface area contributed by atoms with Crippen molar-refractivity contribution in [3.63, 3.8) is 0 Å². The van der Waals surface area contributed by atoms with Crippen molar-refractivity contribution in [2.75, 3.05) is 6.61 Å².